The molecule has 2 aromatic rings. The number of halogens is 1. The van der Waals surface area contributed by atoms with Gasteiger partial charge in [-0.25, -0.2) is 0 Å². The molecule has 0 saturated heterocycles. The lowest BCUT2D eigenvalue weighted by atomic mass is 10.1. The van der Waals surface area contributed by atoms with Crippen LogP contribution in [0.4, 0.5) is 0 Å². The minimum Gasteiger partial charge on any atom is -0.496 e. The van der Waals surface area contributed by atoms with Gasteiger partial charge in [0.1, 0.15) is 5.75 Å². The van der Waals surface area contributed by atoms with Crippen LogP contribution in [0.1, 0.15) is 29.6 Å². The molecule has 1 aliphatic rings. The molecule has 0 bridgehead atoms. The lowest BCUT2D eigenvalue weighted by molar-refractivity contribution is -0.122. The summed E-state index contributed by atoms with van der Waals surface area (Å²) in [6, 6.07) is 14.9. The third-order valence-electron chi connectivity index (χ3n) is 4.37. The van der Waals surface area contributed by atoms with Gasteiger partial charge >= 0.3 is 0 Å². The Hall–Kier alpha value is -2.04. The predicted octanol–water partition coefficient (Wildman–Crippen LogP) is 3.30. The summed E-state index contributed by atoms with van der Waals surface area (Å²) in [4.78, 5) is 12.3. The highest BCUT2D eigenvalue weighted by molar-refractivity contribution is 6.30. The van der Waals surface area contributed by atoms with Crippen LogP contribution < -0.4 is 10.1 Å². The van der Waals surface area contributed by atoms with Gasteiger partial charge in [-0.05, 0) is 36.1 Å². The first-order valence-electron chi connectivity index (χ1n) is 7.94. The average Bonchev–Trinajstić information content (AvgIpc) is 3.40. The molecule has 0 aliphatic heterocycles. The smallest absolute Gasteiger partial charge is 0.223 e. The van der Waals surface area contributed by atoms with Crippen LogP contribution in [0.15, 0.2) is 48.5 Å². The summed E-state index contributed by atoms with van der Waals surface area (Å²) in [5.41, 5.74) is 1.76. The van der Waals surface area contributed by atoms with Crippen molar-refractivity contribution in [3.63, 3.8) is 0 Å². The van der Waals surface area contributed by atoms with Gasteiger partial charge in [0.15, 0.2) is 0 Å². The highest BCUT2D eigenvalue weighted by Crippen LogP contribution is 2.48. The fourth-order valence-electron chi connectivity index (χ4n) is 2.97. The summed E-state index contributed by atoms with van der Waals surface area (Å²) in [6.45, 7) is 0.165. The predicted molar refractivity (Wildman–Crippen MR) is 93.3 cm³/mol. The summed E-state index contributed by atoms with van der Waals surface area (Å²) in [5.74, 6) is 0.747. The molecule has 24 heavy (non-hydrogen) atoms. The van der Waals surface area contributed by atoms with Crippen molar-refractivity contribution in [1.29, 1.82) is 0 Å². The van der Waals surface area contributed by atoms with Crippen LogP contribution in [0.3, 0.4) is 0 Å². The number of carbonyl (C=O) groups is 1. The SMILES string of the molecule is COc1ccccc1[C@H](O)CNC(=O)[C@H]1C[C@@H]1c1cccc(Cl)c1. The summed E-state index contributed by atoms with van der Waals surface area (Å²) in [6.07, 6.45) is 0.0187. The third kappa shape index (κ3) is 3.71. The van der Waals surface area contributed by atoms with Gasteiger partial charge in [-0.15, -0.1) is 0 Å². The van der Waals surface area contributed by atoms with E-state index in [0.29, 0.717) is 16.3 Å². The molecule has 1 amide bonds. The maximum absolute atomic E-state index is 12.3. The van der Waals surface area contributed by atoms with Crippen molar-refractivity contribution in [2.75, 3.05) is 13.7 Å². The molecule has 5 heteroatoms. The summed E-state index contributed by atoms with van der Waals surface area (Å²) in [5, 5.41) is 13.8. The molecule has 126 valence electrons. The van der Waals surface area contributed by atoms with Crippen molar-refractivity contribution in [3.05, 3.63) is 64.7 Å². The summed E-state index contributed by atoms with van der Waals surface area (Å²) in [7, 11) is 1.56. The molecule has 0 aromatic heterocycles. The quantitative estimate of drug-likeness (QED) is 0.844. The fraction of sp³-hybridized carbons (Fsp3) is 0.316. The Morgan fingerprint density at radius 1 is 1.33 bits per heavy atom. The lowest BCUT2D eigenvalue weighted by Gasteiger charge is -2.15. The average molecular weight is 346 g/mol. The first-order valence-corrected chi connectivity index (χ1v) is 8.32. The van der Waals surface area contributed by atoms with E-state index in [9.17, 15) is 9.90 Å². The Kier molecular flexibility index (Phi) is 5.07. The van der Waals surface area contributed by atoms with Gasteiger partial charge in [0.2, 0.25) is 5.91 Å². The number of methoxy groups -OCH3 is 1. The molecular formula is C19H20ClNO3. The molecule has 0 unspecified atom stereocenters. The first-order chi connectivity index (χ1) is 11.6. The maximum atomic E-state index is 12.3. The molecule has 0 heterocycles. The fourth-order valence-corrected chi connectivity index (χ4v) is 3.17. The number of para-hydroxylation sites is 1. The molecule has 1 saturated carbocycles. The van der Waals surface area contributed by atoms with Crippen LogP contribution in [0, 0.1) is 5.92 Å². The zero-order chi connectivity index (χ0) is 17.1. The number of benzene rings is 2. The van der Waals surface area contributed by atoms with E-state index >= 15 is 0 Å². The van der Waals surface area contributed by atoms with E-state index in [1.807, 2.05) is 36.4 Å². The minimum absolute atomic E-state index is 0.0334. The Balaban J connectivity index is 1.55. The Morgan fingerprint density at radius 3 is 2.88 bits per heavy atom. The van der Waals surface area contributed by atoms with Gasteiger partial charge in [-0.3, -0.25) is 4.79 Å². The van der Waals surface area contributed by atoms with Crippen LogP contribution >= 0.6 is 11.6 Å². The maximum Gasteiger partial charge on any atom is 0.223 e. The monoisotopic (exact) mass is 345 g/mol. The number of aliphatic hydroxyl groups is 1. The van der Waals surface area contributed by atoms with Crippen LogP contribution in [-0.4, -0.2) is 24.7 Å². The van der Waals surface area contributed by atoms with E-state index in [4.69, 9.17) is 16.3 Å². The van der Waals surface area contributed by atoms with Crippen LogP contribution in [0.2, 0.25) is 5.02 Å². The summed E-state index contributed by atoms with van der Waals surface area (Å²) < 4.78 is 5.23. The molecule has 4 nitrogen and oxygen atoms in total. The molecule has 1 fully saturated rings. The van der Waals surface area contributed by atoms with E-state index in [0.717, 1.165) is 12.0 Å². The molecule has 0 radical (unpaired) electrons. The molecule has 2 aromatic carbocycles. The van der Waals surface area contributed by atoms with E-state index < -0.39 is 6.10 Å². The second-order valence-electron chi connectivity index (χ2n) is 6.01. The molecule has 0 spiro atoms. The zero-order valence-electron chi connectivity index (χ0n) is 13.4. The number of aliphatic hydroxyl groups excluding tert-OH is 1. The number of nitrogens with one attached hydrogen (secondary N) is 1. The van der Waals surface area contributed by atoms with Crippen molar-refractivity contribution < 1.29 is 14.6 Å². The number of carbonyl (C=O) groups excluding carboxylic acids is 1. The van der Waals surface area contributed by atoms with Crippen molar-refractivity contribution >= 4 is 17.5 Å². The van der Waals surface area contributed by atoms with Gasteiger partial charge < -0.3 is 15.2 Å². The van der Waals surface area contributed by atoms with Crippen molar-refractivity contribution in [2.24, 2.45) is 5.92 Å². The number of hydrogen-bond acceptors (Lipinski definition) is 3. The molecule has 2 N–H and O–H groups in total. The second kappa shape index (κ2) is 7.24. The third-order valence-corrected chi connectivity index (χ3v) is 4.61. The van der Waals surface area contributed by atoms with Crippen LogP contribution in [0.25, 0.3) is 0 Å². The van der Waals surface area contributed by atoms with E-state index in [2.05, 4.69) is 5.32 Å². The number of amides is 1. The Morgan fingerprint density at radius 2 is 2.12 bits per heavy atom. The van der Waals surface area contributed by atoms with Gasteiger partial charge in [0.05, 0.1) is 13.2 Å². The van der Waals surface area contributed by atoms with E-state index in [1.165, 1.54) is 0 Å². The van der Waals surface area contributed by atoms with Crippen molar-refractivity contribution in [1.82, 2.24) is 5.32 Å². The largest absolute Gasteiger partial charge is 0.496 e. The lowest BCUT2D eigenvalue weighted by Crippen LogP contribution is -2.30. The van der Waals surface area contributed by atoms with Crippen molar-refractivity contribution in [3.8, 4) is 5.75 Å². The van der Waals surface area contributed by atoms with Crippen molar-refractivity contribution in [2.45, 2.75) is 18.4 Å². The van der Waals surface area contributed by atoms with E-state index in [1.54, 1.807) is 19.2 Å². The highest BCUT2D eigenvalue weighted by Gasteiger charge is 2.43. The standard InChI is InChI=1S/C19H20ClNO3/c1-24-18-8-3-2-7-14(18)17(22)11-21-19(23)16-10-15(16)12-5-4-6-13(20)9-12/h2-9,15-17,22H,10-11H2,1H3,(H,21,23)/t15-,16+,17-/m1/s1. The van der Waals surface area contributed by atoms with Crippen LogP contribution in [-0.2, 0) is 4.79 Å². The Labute approximate surface area is 146 Å². The highest BCUT2D eigenvalue weighted by atomic mass is 35.5. The van der Waals surface area contributed by atoms with Gasteiger partial charge in [-0.1, -0.05) is 41.9 Å². The van der Waals surface area contributed by atoms with E-state index in [-0.39, 0.29) is 24.3 Å². The van der Waals surface area contributed by atoms with Gasteiger partial charge in [0, 0.05) is 23.0 Å². The number of rotatable bonds is 6. The first kappa shape index (κ1) is 16.8. The number of hydrogen-bond donors (Lipinski definition) is 2. The zero-order valence-corrected chi connectivity index (χ0v) is 14.2. The van der Waals surface area contributed by atoms with Gasteiger partial charge in [-0.2, -0.15) is 0 Å². The summed E-state index contributed by atoms with van der Waals surface area (Å²) >= 11 is 6.00. The van der Waals surface area contributed by atoms with Gasteiger partial charge in [0.25, 0.3) is 0 Å². The topological polar surface area (TPSA) is 58.6 Å². The molecular weight excluding hydrogens is 326 g/mol. The molecule has 3 rings (SSSR count). The second-order valence-corrected chi connectivity index (χ2v) is 6.44. The Bertz CT molecular complexity index is 734. The molecule has 3 atom stereocenters. The normalized spacial score (nSPS) is 20.3. The minimum atomic E-state index is -0.798. The van der Waals surface area contributed by atoms with Crippen LogP contribution in [0.5, 0.6) is 5.75 Å². The number of ether oxygens (including phenoxy) is 1. The molecule has 1 aliphatic carbocycles.